The summed E-state index contributed by atoms with van der Waals surface area (Å²) >= 11 is 6.08. The third-order valence-corrected chi connectivity index (χ3v) is 2.87. The number of rotatable bonds is 5. The van der Waals surface area contributed by atoms with Crippen LogP contribution in [0.25, 0.3) is 0 Å². The van der Waals surface area contributed by atoms with Crippen molar-refractivity contribution < 1.29 is 5.11 Å². The van der Waals surface area contributed by atoms with E-state index < -0.39 is 5.60 Å². The second-order valence-electron chi connectivity index (χ2n) is 4.89. The van der Waals surface area contributed by atoms with E-state index >= 15 is 0 Å². The number of aliphatic hydroxyl groups is 1. The largest absolute Gasteiger partial charge is 0.390 e. The van der Waals surface area contributed by atoms with Gasteiger partial charge in [-0.15, -0.1) is 0 Å². The van der Waals surface area contributed by atoms with Crippen LogP contribution in [0.4, 0.5) is 0 Å². The molecule has 0 unspecified atom stereocenters. The summed E-state index contributed by atoms with van der Waals surface area (Å²) < 4.78 is 0. The fourth-order valence-corrected chi connectivity index (χ4v) is 1.66. The standard InChI is InChI=1S/C13H20ClNO/c1-13(2,16)8-9-15(3)10-11-6-4-5-7-12(11)14/h4-7,16H,8-10H2,1-3H3. The average molecular weight is 242 g/mol. The first kappa shape index (κ1) is 13.5. The summed E-state index contributed by atoms with van der Waals surface area (Å²) in [5, 5.41) is 10.4. The predicted octanol–water partition coefficient (Wildman–Crippen LogP) is 2.93. The summed E-state index contributed by atoms with van der Waals surface area (Å²) in [6, 6.07) is 7.86. The Morgan fingerprint density at radius 3 is 2.50 bits per heavy atom. The zero-order chi connectivity index (χ0) is 12.2. The number of halogens is 1. The van der Waals surface area contributed by atoms with Gasteiger partial charge in [0.05, 0.1) is 5.60 Å². The molecule has 0 aliphatic heterocycles. The second kappa shape index (κ2) is 5.67. The van der Waals surface area contributed by atoms with Gasteiger partial charge in [0.1, 0.15) is 0 Å². The molecular weight excluding hydrogens is 222 g/mol. The van der Waals surface area contributed by atoms with Crippen LogP contribution in [0, 0.1) is 0 Å². The van der Waals surface area contributed by atoms with Gasteiger partial charge in [-0.25, -0.2) is 0 Å². The first-order valence-corrected chi connectivity index (χ1v) is 5.90. The Morgan fingerprint density at radius 1 is 1.31 bits per heavy atom. The van der Waals surface area contributed by atoms with Crippen molar-refractivity contribution in [3.8, 4) is 0 Å². The number of hydrogen-bond acceptors (Lipinski definition) is 2. The summed E-state index contributed by atoms with van der Waals surface area (Å²) in [4.78, 5) is 2.17. The lowest BCUT2D eigenvalue weighted by atomic mass is 10.1. The van der Waals surface area contributed by atoms with Crippen molar-refractivity contribution in [2.75, 3.05) is 13.6 Å². The molecule has 0 atom stereocenters. The molecule has 0 saturated heterocycles. The minimum Gasteiger partial charge on any atom is -0.390 e. The fraction of sp³-hybridized carbons (Fsp3) is 0.538. The van der Waals surface area contributed by atoms with E-state index in [1.165, 1.54) is 0 Å². The average Bonchev–Trinajstić information content (AvgIpc) is 2.18. The van der Waals surface area contributed by atoms with E-state index in [0.29, 0.717) is 0 Å². The summed E-state index contributed by atoms with van der Waals surface area (Å²) in [6.45, 7) is 5.33. The Hall–Kier alpha value is -0.570. The molecule has 90 valence electrons. The first-order chi connectivity index (χ1) is 7.38. The minimum absolute atomic E-state index is 0.602. The highest BCUT2D eigenvalue weighted by molar-refractivity contribution is 6.31. The Balaban J connectivity index is 2.46. The van der Waals surface area contributed by atoms with Crippen LogP contribution in [0.1, 0.15) is 25.8 Å². The molecule has 1 aromatic carbocycles. The molecule has 2 nitrogen and oxygen atoms in total. The third kappa shape index (κ3) is 4.97. The van der Waals surface area contributed by atoms with Crippen LogP contribution in [-0.2, 0) is 6.54 Å². The van der Waals surface area contributed by atoms with Crippen LogP contribution in [0.2, 0.25) is 5.02 Å². The van der Waals surface area contributed by atoms with Gasteiger partial charge >= 0.3 is 0 Å². The maximum absolute atomic E-state index is 9.63. The lowest BCUT2D eigenvalue weighted by Crippen LogP contribution is -2.28. The monoisotopic (exact) mass is 241 g/mol. The SMILES string of the molecule is CN(CCC(C)(C)O)Cc1ccccc1Cl. The Bertz CT molecular complexity index is 333. The van der Waals surface area contributed by atoms with Crippen LogP contribution >= 0.6 is 11.6 Å². The van der Waals surface area contributed by atoms with Gasteiger partial charge in [0.15, 0.2) is 0 Å². The van der Waals surface area contributed by atoms with E-state index in [1.807, 2.05) is 45.2 Å². The van der Waals surface area contributed by atoms with Crippen molar-refractivity contribution in [2.24, 2.45) is 0 Å². The molecule has 0 aliphatic carbocycles. The van der Waals surface area contributed by atoms with Crippen molar-refractivity contribution >= 4 is 11.6 Å². The zero-order valence-corrected chi connectivity index (χ0v) is 11.0. The summed E-state index contributed by atoms with van der Waals surface area (Å²) in [6.07, 6.45) is 0.758. The molecule has 0 aliphatic rings. The van der Waals surface area contributed by atoms with E-state index in [-0.39, 0.29) is 0 Å². The lowest BCUT2D eigenvalue weighted by molar-refractivity contribution is 0.0599. The molecule has 1 aromatic rings. The van der Waals surface area contributed by atoms with E-state index in [9.17, 15) is 5.11 Å². The normalized spacial score (nSPS) is 12.1. The van der Waals surface area contributed by atoms with Crippen LogP contribution in [-0.4, -0.2) is 29.2 Å². The van der Waals surface area contributed by atoms with Gasteiger partial charge < -0.3 is 10.0 Å². The van der Waals surface area contributed by atoms with E-state index in [1.54, 1.807) is 0 Å². The van der Waals surface area contributed by atoms with Gasteiger partial charge in [0.25, 0.3) is 0 Å². The number of hydrogen-bond donors (Lipinski definition) is 1. The van der Waals surface area contributed by atoms with Gasteiger partial charge in [-0.05, 0) is 38.9 Å². The topological polar surface area (TPSA) is 23.5 Å². The highest BCUT2D eigenvalue weighted by Crippen LogP contribution is 2.17. The van der Waals surface area contributed by atoms with Crippen molar-refractivity contribution in [3.63, 3.8) is 0 Å². The van der Waals surface area contributed by atoms with E-state index in [2.05, 4.69) is 4.90 Å². The van der Waals surface area contributed by atoms with E-state index in [0.717, 1.165) is 30.1 Å². The van der Waals surface area contributed by atoms with Crippen LogP contribution in [0.5, 0.6) is 0 Å². The molecule has 0 radical (unpaired) electrons. The molecule has 0 aromatic heterocycles. The van der Waals surface area contributed by atoms with Gasteiger partial charge in [-0.2, -0.15) is 0 Å². The van der Waals surface area contributed by atoms with Gasteiger partial charge in [-0.1, -0.05) is 29.8 Å². The minimum atomic E-state index is -0.602. The molecule has 0 amide bonds. The van der Waals surface area contributed by atoms with Gasteiger partial charge in [0.2, 0.25) is 0 Å². The Morgan fingerprint density at radius 2 is 1.94 bits per heavy atom. The number of benzene rings is 1. The smallest absolute Gasteiger partial charge is 0.0603 e. The maximum Gasteiger partial charge on any atom is 0.0603 e. The highest BCUT2D eigenvalue weighted by atomic mass is 35.5. The van der Waals surface area contributed by atoms with Crippen LogP contribution < -0.4 is 0 Å². The summed E-state index contributed by atoms with van der Waals surface area (Å²) in [5.74, 6) is 0. The quantitative estimate of drug-likeness (QED) is 0.857. The van der Waals surface area contributed by atoms with E-state index in [4.69, 9.17) is 11.6 Å². The Kier molecular flexibility index (Phi) is 4.78. The molecule has 1 rings (SSSR count). The van der Waals surface area contributed by atoms with Crippen molar-refractivity contribution in [2.45, 2.75) is 32.4 Å². The van der Waals surface area contributed by atoms with Crippen molar-refractivity contribution in [1.82, 2.24) is 4.90 Å². The second-order valence-corrected chi connectivity index (χ2v) is 5.30. The molecule has 0 heterocycles. The first-order valence-electron chi connectivity index (χ1n) is 5.53. The maximum atomic E-state index is 9.63. The molecule has 3 heteroatoms. The van der Waals surface area contributed by atoms with Gasteiger partial charge in [0, 0.05) is 18.1 Å². The molecule has 16 heavy (non-hydrogen) atoms. The fourth-order valence-electron chi connectivity index (χ4n) is 1.46. The highest BCUT2D eigenvalue weighted by Gasteiger charge is 2.13. The molecule has 0 spiro atoms. The summed E-state index contributed by atoms with van der Waals surface area (Å²) in [7, 11) is 2.04. The molecule has 0 saturated carbocycles. The van der Waals surface area contributed by atoms with Crippen LogP contribution in [0.3, 0.4) is 0 Å². The number of nitrogens with zero attached hydrogens (tertiary/aromatic N) is 1. The van der Waals surface area contributed by atoms with Crippen LogP contribution in [0.15, 0.2) is 24.3 Å². The van der Waals surface area contributed by atoms with Crippen molar-refractivity contribution in [3.05, 3.63) is 34.9 Å². The molecular formula is C13H20ClNO. The predicted molar refractivity (Wildman–Crippen MR) is 68.7 cm³/mol. The van der Waals surface area contributed by atoms with Gasteiger partial charge in [-0.3, -0.25) is 0 Å². The third-order valence-electron chi connectivity index (χ3n) is 2.50. The summed E-state index contributed by atoms with van der Waals surface area (Å²) in [5.41, 5.74) is 0.525. The van der Waals surface area contributed by atoms with Crippen molar-refractivity contribution in [1.29, 1.82) is 0 Å². The molecule has 0 bridgehead atoms. The molecule has 0 fully saturated rings. The molecule has 1 N–H and O–H groups in total. The Labute approximate surface area is 103 Å². The zero-order valence-electron chi connectivity index (χ0n) is 10.2. The lowest BCUT2D eigenvalue weighted by Gasteiger charge is -2.23.